The first kappa shape index (κ1) is 17.9. The molecule has 21 heavy (non-hydrogen) atoms. The quantitative estimate of drug-likeness (QED) is 0.447. The van der Waals surface area contributed by atoms with Gasteiger partial charge in [0.15, 0.2) is 0 Å². The zero-order valence-electron chi connectivity index (χ0n) is 12.4. The lowest BCUT2D eigenvalue weighted by Gasteiger charge is -2.45. The van der Waals surface area contributed by atoms with Crippen LogP contribution in [-0.4, -0.2) is 70.1 Å². The van der Waals surface area contributed by atoms with Crippen LogP contribution in [0.2, 0.25) is 0 Å². The van der Waals surface area contributed by atoms with Gasteiger partial charge in [0.1, 0.15) is 6.10 Å². The van der Waals surface area contributed by atoms with E-state index in [-0.39, 0.29) is 12.5 Å². The Kier molecular flexibility index (Phi) is 7.61. The lowest BCUT2D eigenvalue weighted by atomic mass is 9.92. The molecule has 4 unspecified atom stereocenters. The molecule has 0 bridgehead atoms. The summed E-state index contributed by atoms with van der Waals surface area (Å²) in [6, 6.07) is 1.02. The van der Waals surface area contributed by atoms with E-state index in [4.69, 9.17) is 5.26 Å². The lowest BCUT2D eigenvalue weighted by molar-refractivity contribution is -0.128. The Labute approximate surface area is 125 Å². The second-order valence-electron chi connectivity index (χ2n) is 5.50. The van der Waals surface area contributed by atoms with Gasteiger partial charge in [-0.1, -0.05) is 6.42 Å². The third kappa shape index (κ3) is 5.25. The number of amides is 1. The largest absolute Gasteiger partial charge is 0.395 e. The monoisotopic (exact) mass is 299 g/mol. The van der Waals surface area contributed by atoms with Crippen molar-refractivity contribution in [3.05, 3.63) is 0 Å². The fourth-order valence-electron chi connectivity index (χ4n) is 2.75. The molecule has 7 heteroatoms. The predicted molar refractivity (Wildman–Crippen MR) is 76.1 cm³/mol. The van der Waals surface area contributed by atoms with Gasteiger partial charge in [0.25, 0.3) is 0 Å². The standard InChI is InChI=1S/C14H25N3O4/c1-10(19)16-11-8-17(7-5-3-2-4-6-15)12(9-18)14(21)13(11)20/h11-14,18,20-21H,2-5,7-9H2,1H3,(H,16,19). The molecule has 1 rings (SSSR count). The van der Waals surface area contributed by atoms with Gasteiger partial charge in [0.2, 0.25) is 5.91 Å². The number of hydrogen-bond donors (Lipinski definition) is 4. The fourth-order valence-corrected chi connectivity index (χ4v) is 2.75. The topological polar surface area (TPSA) is 117 Å². The molecule has 120 valence electrons. The normalized spacial score (nSPS) is 29.9. The number of rotatable bonds is 7. The number of piperidine rings is 1. The summed E-state index contributed by atoms with van der Waals surface area (Å²) in [6.07, 6.45) is 0.910. The molecule has 7 nitrogen and oxygen atoms in total. The van der Waals surface area contributed by atoms with Crippen molar-refractivity contribution in [1.29, 1.82) is 5.26 Å². The molecule has 1 heterocycles. The smallest absolute Gasteiger partial charge is 0.217 e. The molecular formula is C14H25N3O4. The Bertz CT molecular complexity index is 372. The summed E-state index contributed by atoms with van der Waals surface area (Å²) >= 11 is 0. The maximum Gasteiger partial charge on any atom is 0.217 e. The number of likely N-dealkylation sites (tertiary alicyclic amines) is 1. The van der Waals surface area contributed by atoms with E-state index in [0.717, 1.165) is 19.3 Å². The SMILES string of the molecule is CC(=O)NC1CN(CCCCCC#N)C(CO)C(O)C1O. The van der Waals surface area contributed by atoms with Crippen LogP contribution in [0.25, 0.3) is 0 Å². The molecule has 4 atom stereocenters. The highest BCUT2D eigenvalue weighted by molar-refractivity contribution is 5.73. The van der Waals surface area contributed by atoms with Crippen LogP contribution in [0.3, 0.4) is 0 Å². The molecule has 0 aromatic rings. The van der Waals surface area contributed by atoms with Gasteiger partial charge < -0.3 is 20.6 Å². The fraction of sp³-hybridized carbons (Fsp3) is 0.857. The van der Waals surface area contributed by atoms with Gasteiger partial charge in [-0.25, -0.2) is 0 Å². The van der Waals surface area contributed by atoms with E-state index in [2.05, 4.69) is 11.4 Å². The van der Waals surface area contributed by atoms with Crippen molar-refractivity contribution in [2.45, 2.75) is 56.9 Å². The van der Waals surface area contributed by atoms with E-state index in [9.17, 15) is 20.1 Å². The van der Waals surface area contributed by atoms with Gasteiger partial charge in [0.05, 0.1) is 30.9 Å². The third-order valence-corrected chi connectivity index (χ3v) is 3.87. The van der Waals surface area contributed by atoms with Crippen molar-refractivity contribution in [2.75, 3.05) is 19.7 Å². The summed E-state index contributed by atoms with van der Waals surface area (Å²) in [7, 11) is 0. The Morgan fingerprint density at radius 3 is 2.62 bits per heavy atom. The maximum absolute atomic E-state index is 11.2. The summed E-state index contributed by atoms with van der Waals surface area (Å²) in [4.78, 5) is 13.0. The number of unbranched alkanes of at least 4 members (excludes halogenated alkanes) is 3. The first-order valence-corrected chi connectivity index (χ1v) is 7.36. The number of aliphatic hydroxyl groups is 3. The average molecular weight is 299 g/mol. The first-order valence-electron chi connectivity index (χ1n) is 7.36. The summed E-state index contributed by atoms with van der Waals surface area (Å²) in [5.41, 5.74) is 0. The molecule has 4 N–H and O–H groups in total. The summed E-state index contributed by atoms with van der Waals surface area (Å²) in [6.45, 7) is 2.16. The molecule has 1 saturated heterocycles. The van der Waals surface area contributed by atoms with Gasteiger partial charge in [0, 0.05) is 19.9 Å². The van der Waals surface area contributed by atoms with Crippen molar-refractivity contribution in [3.8, 4) is 6.07 Å². The minimum atomic E-state index is -1.10. The van der Waals surface area contributed by atoms with Crippen LogP contribution in [0, 0.1) is 11.3 Å². The van der Waals surface area contributed by atoms with Crippen LogP contribution in [0.4, 0.5) is 0 Å². The van der Waals surface area contributed by atoms with Gasteiger partial charge in [-0.2, -0.15) is 5.26 Å². The average Bonchev–Trinajstić information content (AvgIpc) is 2.44. The van der Waals surface area contributed by atoms with Crippen LogP contribution >= 0.6 is 0 Å². The molecule has 1 aliphatic heterocycles. The van der Waals surface area contributed by atoms with E-state index in [1.807, 2.05) is 4.90 Å². The number of carbonyl (C=O) groups is 1. The maximum atomic E-state index is 11.2. The summed E-state index contributed by atoms with van der Waals surface area (Å²) < 4.78 is 0. The Morgan fingerprint density at radius 1 is 1.33 bits per heavy atom. The molecule has 0 aromatic heterocycles. The molecule has 0 spiro atoms. The minimum absolute atomic E-state index is 0.247. The van der Waals surface area contributed by atoms with Gasteiger partial charge in [-0.3, -0.25) is 9.69 Å². The zero-order valence-corrected chi connectivity index (χ0v) is 12.4. The van der Waals surface area contributed by atoms with Crippen LogP contribution in [-0.2, 0) is 4.79 Å². The number of nitrogens with one attached hydrogen (secondary N) is 1. The number of nitrogens with zero attached hydrogens (tertiary/aromatic N) is 2. The first-order chi connectivity index (χ1) is 10.0. The van der Waals surface area contributed by atoms with Gasteiger partial charge in [-0.15, -0.1) is 0 Å². The highest BCUT2D eigenvalue weighted by atomic mass is 16.3. The van der Waals surface area contributed by atoms with Crippen LogP contribution in [0.1, 0.15) is 32.6 Å². The molecule has 1 amide bonds. The Morgan fingerprint density at radius 2 is 2.05 bits per heavy atom. The number of aliphatic hydroxyl groups excluding tert-OH is 3. The van der Waals surface area contributed by atoms with Crippen molar-refractivity contribution in [2.24, 2.45) is 0 Å². The zero-order chi connectivity index (χ0) is 15.8. The second-order valence-corrected chi connectivity index (χ2v) is 5.50. The lowest BCUT2D eigenvalue weighted by Crippen LogP contribution is -2.66. The Balaban J connectivity index is 2.57. The molecule has 1 fully saturated rings. The molecule has 0 aromatic carbocycles. The molecule has 0 saturated carbocycles. The van der Waals surface area contributed by atoms with E-state index >= 15 is 0 Å². The number of nitriles is 1. The van der Waals surface area contributed by atoms with E-state index in [1.165, 1.54) is 6.92 Å². The van der Waals surface area contributed by atoms with E-state index < -0.39 is 24.3 Å². The minimum Gasteiger partial charge on any atom is -0.395 e. The van der Waals surface area contributed by atoms with Crippen molar-refractivity contribution in [3.63, 3.8) is 0 Å². The molecular weight excluding hydrogens is 274 g/mol. The van der Waals surface area contributed by atoms with Crippen molar-refractivity contribution >= 4 is 5.91 Å². The number of carbonyl (C=O) groups excluding carboxylic acids is 1. The number of hydrogen-bond acceptors (Lipinski definition) is 6. The molecule has 0 aliphatic carbocycles. The molecule has 1 aliphatic rings. The van der Waals surface area contributed by atoms with E-state index in [0.29, 0.717) is 19.5 Å². The van der Waals surface area contributed by atoms with Gasteiger partial charge >= 0.3 is 0 Å². The van der Waals surface area contributed by atoms with Crippen LogP contribution in [0.15, 0.2) is 0 Å². The summed E-state index contributed by atoms with van der Waals surface area (Å²) in [5.74, 6) is -0.261. The summed E-state index contributed by atoms with van der Waals surface area (Å²) in [5, 5.41) is 40.6. The van der Waals surface area contributed by atoms with Crippen molar-refractivity contribution in [1.82, 2.24) is 10.2 Å². The Hall–Kier alpha value is -1.20. The highest BCUT2D eigenvalue weighted by Crippen LogP contribution is 2.19. The van der Waals surface area contributed by atoms with E-state index in [1.54, 1.807) is 0 Å². The molecule has 0 radical (unpaired) electrons. The third-order valence-electron chi connectivity index (χ3n) is 3.87. The second kappa shape index (κ2) is 8.95. The highest BCUT2D eigenvalue weighted by Gasteiger charge is 2.41. The van der Waals surface area contributed by atoms with Gasteiger partial charge in [-0.05, 0) is 19.4 Å². The van der Waals surface area contributed by atoms with Crippen LogP contribution in [0.5, 0.6) is 0 Å². The van der Waals surface area contributed by atoms with Crippen molar-refractivity contribution < 1.29 is 20.1 Å². The predicted octanol–water partition coefficient (Wildman–Crippen LogP) is -1.03. The van der Waals surface area contributed by atoms with Crippen LogP contribution < -0.4 is 5.32 Å².